The van der Waals surface area contributed by atoms with Crippen molar-refractivity contribution >= 4 is 17.4 Å². The van der Waals surface area contributed by atoms with Crippen LogP contribution in [0.4, 0.5) is 0 Å². The molecule has 0 fully saturated rings. The molecule has 5 rings (SSSR count). The van der Waals surface area contributed by atoms with E-state index in [0.717, 1.165) is 40.3 Å². The van der Waals surface area contributed by atoms with Crippen LogP contribution >= 0.6 is 0 Å². The van der Waals surface area contributed by atoms with E-state index in [9.17, 15) is 9.59 Å². The minimum Gasteiger partial charge on any atom is -0.466 e. The van der Waals surface area contributed by atoms with Crippen molar-refractivity contribution in [1.29, 1.82) is 0 Å². The standard InChI is InChI=1S/C29H28N2O3/c1-6-19-11-13-20(14-12-19)31-16(2)15-23(18(31)4)25-24(29(33)34-5)17(3)30-27-21-9-7-8-10-22(21)28(32)26(25)27/h7-15,25,30H,6H2,1-5H3/t25-/m0/s1. The quantitative estimate of drug-likeness (QED) is 0.539. The number of aryl methyl sites for hydroxylation is 2. The Morgan fingerprint density at radius 1 is 1.03 bits per heavy atom. The highest BCUT2D eigenvalue weighted by Crippen LogP contribution is 2.48. The van der Waals surface area contributed by atoms with Crippen molar-refractivity contribution in [3.05, 3.63) is 105 Å². The number of ether oxygens (including phenoxy) is 1. The summed E-state index contributed by atoms with van der Waals surface area (Å²) in [5.74, 6) is -0.991. The first-order chi connectivity index (χ1) is 16.4. The normalized spacial score (nSPS) is 17.0. The van der Waals surface area contributed by atoms with Gasteiger partial charge in [0.15, 0.2) is 5.78 Å². The summed E-state index contributed by atoms with van der Waals surface area (Å²) in [5.41, 5.74) is 9.42. The SMILES string of the molecule is CCc1ccc(-n2c(C)cc([C@H]3C(C(=O)OC)=C(C)NC4=C3C(=O)c3ccccc34)c2C)cc1. The van der Waals surface area contributed by atoms with Gasteiger partial charge >= 0.3 is 5.97 Å². The number of aromatic nitrogens is 1. The number of carbonyl (C=O) groups is 2. The molecule has 0 saturated carbocycles. The maximum Gasteiger partial charge on any atom is 0.336 e. The number of ketones is 1. The van der Waals surface area contributed by atoms with Crippen LogP contribution in [0.15, 0.2) is 71.4 Å². The van der Waals surface area contributed by atoms with Crippen molar-refractivity contribution in [2.24, 2.45) is 0 Å². The molecule has 0 radical (unpaired) electrons. The molecule has 1 aromatic heterocycles. The summed E-state index contributed by atoms with van der Waals surface area (Å²) in [4.78, 5) is 26.7. The Hall–Kier alpha value is -3.86. The van der Waals surface area contributed by atoms with Crippen molar-refractivity contribution in [1.82, 2.24) is 9.88 Å². The first-order valence-electron chi connectivity index (χ1n) is 11.6. The molecular formula is C29H28N2O3. The first-order valence-corrected chi connectivity index (χ1v) is 11.6. The maximum absolute atomic E-state index is 13.6. The zero-order valence-corrected chi connectivity index (χ0v) is 20.2. The number of rotatable bonds is 4. The molecule has 34 heavy (non-hydrogen) atoms. The van der Waals surface area contributed by atoms with E-state index in [4.69, 9.17) is 4.74 Å². The van der Waals surface area contributed by atoms with E-state index >= 15 is 0 Å². The van der Waals surface area contributed by atoms with E-state index < -0.39 is 11.9 Å². The number of carbonyl (C=O) groups excluding carboxylic acids is 2. The maximum atomic E-state index is 13.6. The third kappa shape index (κ3) is 3.15. The summed E-state index contributed by atoms with van der Waals surface area (Å²) in [7, 11) is 1.38. The van der Waals surface area contributed by atoms with E-state index in [0.29, 0.717) is 22.4 Å². The fourth-order valence-electron chi connectivity index (χ4n) is 5.38. The molecule has 1 N–H and O–H groups in total. The molecule has 1 aliphatic heterocycles. The van der Waals surface area contributed by atoms with Crippen LogP contribution in [-0.4, -0.2) is 23.4 Å². The Balaban J connectivity index is 1.72. The fraction of sp³-hybridized carbons (Fsp3) is 0.241. The van der Waals surface area contributed by atoms with Gasteiger partial charge in [0.05, 0.1) is 24.3 Å². The third-order valence-electron chi connectivity index (χ3n) is 7.04. The van der Waals surface area contributed by atoms with Crippen molar-refractivity contribution in [2.45, 2.75) is 40.0 Å². The molecule has 5 nitrogen and oxygen atoms in total. The molecule has 1 aliphatic carbocycles. The summed E-state index contributed by atoms with van der Waals surface area (Å²) in [6.45, 7) is 8.12. The topological polar surface area (TPSA) is 60.3 Å². The number of hydrogen-bond acceptors (Lipinski definition) is 4. The number of methoxy groups -OCH3 is 1. The molecule has 2 heterocycles. The van der Waals surface area contributed by atoms with Crippen molar-refractivity contribution < 1.29 is 14.3 Å². The van der Waals surface area contributed by atoms with Gasteiger partial charge in [0, 0.05) is 39.5 Å². The highest BCUT2D eigenvalue weighted by molar-refractivity contribution is 6.23. The van der Waals surface area contributed by atoms with Crippen molar-refractivity contribution in [3.8, 4) is 5.69 Å². The minimum absolute atomic E-state index is 0.0471. The lowest BCUT2D eigenvalue weighted by Gasteiger charge is -2.29. The highest BCUT2D eigenvalue weighted by atomic mass is 16.5. The Bertz CT molecular complexity index is 1400. The molecule has 1 atom stereocenters. The molecule has 2 aromatic carbocycles. The average Bonchev–Trinajstić information content (AvgIpc) is 3.30. The number of benzene rings is 2. The first kappa shape index (κ1) is 22.0. The number of esters is 1. The van der Waals surface area contributed by atoms with Gasteiger partial charge in [-0.3, -0.25) is 4.79 Å². The van der Waals surface area contributed by atoms with Crippen LogP contribution in [0.5, 0.6) is 0 Å². The van der Waals surface area contributed by atoms with Crippen LogP contribution in [0.1, 0.15) is 58.2 Å². The third-order valence-corrected chi connectivity index (χ3v) is 7.04. The lowest BCUT2D eigenvalue weighted by Crippen LogP contribution is -2.29. The second-order valence-corrected chi connectivity index (χ2v) is 8.93. The Kier molecular flexibility index (Phi) is 5.28. The van der Waals surface area contributed by atoms with Gasteiger partial charge in [0.2, 0.25) is 0 Å². The van der Waals surface area contributed by atoms with Gasteiger partial charge < -0.3 is 14.6 Å². The van der Waals surface area contributed by atoms with E-state index in [2.05, 4.69) is 61.0 Å². The molecular weight excluding hydrogens is 424 g/mol. The molecule has 0 spiro atoms. The summed E-state index contributed by atoms with van der Waals surface area (Å²) >= 11 is 0. The van der Waals surface area contributed by atoms with Crippen LogP contribution in [0.3, 0.4) is 0 Å². The molecule has 0 amide bonds. The van der Waals surface area contributed by atoms with Crippen LogP contribution in [0.25, 0.3) is 11.4 Å². The molecule has 2 aliphatic rings. The number of dihydropyridines is 1. The van der Waals surface area contributed by atoms with E-state index in [1.807, 2.05) is 31.2 Å². The highest BCUT2D eigenvalue weighted by Gasteiger charge is 2.43. The smallest absolute Gasteiger partial charge is 0.336 e. The molecule has 0 saturated heterocycles. The molecule has 172 valence electrons. The van der Waals surface area contributed by atoms with Gasteiger partial charge in [-0.2, -0.15) is 0 Å². The minimum atomic E-state index is -0.515. The van der Waals surface area contributed by atoms with Gasteiger partial charge in [-0.25, -0.2) is 4.79 Å². The zero-order valence-electron chi connectivity index (χ0n) is 20.2. The van der Waals surface area contributed by atoms with Crippen LogP contribution in [-0.2, 0) is 16.0 Å². The molecule has 5 heteroatoms. The van der Waals surface area contributed by atoms with Gasteiger partial charge in [-0.05, 0) is 56.5 Å². The second kappa shape index (κ2) is 8.17. The summed E-state index contributed by atoms with van der Waals surface area (Å²) in [5, 5.41) is 3.35. The molecule has 0 bridgehead atoms. The average molecular weight is 453 g/mol. The van der Waals surface area contributed by atoms with E-state index in [1.54, 1.807) is 0 Å². The largest absolute Gasteiger partial charge is 0.466 e. The molecule has 3 aromatic rings. The van der Waals surface area contributed by atoms with E-state index in [-0.39, 0.29) is 5.78 Å². The van der Waals surface area contributed by atoms with Gasteiger partial charge in [-0.15, -0.1) is 0 Å². The van der Waals surface area contributed by atoms with Crippen molar-refractivity contribution in [2.75, 3.05) is 7.11 Å². The predicted molar refractivity (Wildman–Crippen MR) is 133 cm³/mol. The zero-order chi connectivity index (χ0) is 24.1. The lowest BCUT2D eigenvalue weighted by molar-refractivity contribution is -0.136. The van der Waals surface area contributed by atoms with Crippen LogP contribution in [0.2, 0.25) is 0 Å². The van der Waals surface area contributed by atoms with E-state index in [1.165, 1.54) is 12.7 Å². The summed E-state index contributed by atoms with van der Waals surface area (Å²) in [6, 6.07) is 18.2. The number of fused-ring (bicyclic) bond motifs is 2. The number of Topliss-reactive ketones (excluding diaryl/α,β-unsaturated/α-hetero) is 1. The van der Waals surface area contributed by atoms with Gasteiger partial charge in [0.25, 0.3) is 0 Å². The summed E-state index contributed by atoms with van der Waals surface area (Å²) in [6.07, 6.45) is 0.983. The predicted octanol–water partition coefficient (Wildman–Crippen LogP) is 5.40. The number of hydrogen-bond donors (Lipinski definition) is 1. The van der Waals surface area contributed by atoms with Crippen molar-refractivity contribution in [3.63, 3.8) is 0 Å². The number of nitrogens with zero attached hydrogens (tertiary/aromatic N) is 1. The fourth-order valence-corrected chi connectivity index (χ4v) is 5.38. The lowest BCUT2D eigenvalue weighted by atomic mass is 9.79. The number of allylic oxidation sites excluding steroid dienone is 2. The van der Waals surface area contributed by atoms with Crippen LogP contribution in [0, 0.1) is 13.8 Å². The molecule has 0 unspecified atom stereocenters. The van der Waals surface area contributed by atoms with Gasteiger partial charge in [0.1, 0.15) is 0 Å². The second-order valence-electron chi connectivity index (χ2n) is 8.93. The monoisotopic (exact) mass is 452 g/mol. The number of nitrogens with one attached hydrogen (secondary N) is 1. The van der Waals surface area contributed by atoms with Gasteiger partial charge in [-0.1, -0.05) is 43.3 Å². The van der Waals surface area contributed by atoms with Crippen LogP contribution < -0.4 is 5.32 Å². The Labute approximate surface area is 199 Å². The Morgan fingerprint density at radius 2 is 1.71 bits per heavy atom. The summed E-state index contributed by atoms with van der Waals surface area (Å²) < 4.78 is 7.37. The Morgan fingerprint density at radius 3 is 2.35 bits per heavy atom.